The summed E-state index contributed by atoms with van der Waals surface area (Å²) >= 11 is 0. The van der Waals surface area contributed by atoms with Gasteiger partial charge in [-0.05, 0) is 25.5 Å². The van der Waals surface area contributed by atoms with Crippen LogP contribution in [0.25, 0.3) is 0 Å². The Balaban J connectivity index is 0.00000200. The molecule has 1 aliphatic heterocycles. The van der Waals surface area contributed by atoms with Gasteiger partial charge >= 0.3 is 0 Å². The van der Waals surface area contributed by atoms with Crippen LogP contribution in [0.4, 0.5) is 0 Å². The fourth-order valence-corrected chi connectivity index (χ4v) is 2.24. The van der Waals surface area contributed by atoms with E-state index in [2.05, 4.69) is 5.10 Å². The maximum atomic E-state index is 12.0. The molecule has 21 heavy (non-hydrogen) atoms. The molecule has 1 aromatic heterocycles. The molecule has 0 radical (unpaired) electrons. The molecule has 6 nitrogen and oxygen atoms in total. The molecule has 0 aromatic carbocycles. The van der Waals surface area contributed by atoms with Gasteiger partial charge in [0.25, 0.3) is 0 Å². The van der Waals surface area contributed by atoms with E-state index in [1.807, 2.05) is 28.9 Å². The molecule has 0 saturated carbocycles. The second-order valence-electron chi connectivity index (χ2n) is 4.96. The van der Waals surface area contributed by atoms with Gasteiger partial charge in [-0.1, -0.05) is 0 Å². The highest BCUT2D eigenvalue weighted by Crippen LogP contribution is 2.10. The molecule has 1 aliphatic rings. The van der Waals surface area contributed by atoms with Crippen LogP contribution in [-0.4, -0.2) is 52.9 Å². The average Bonchev–Trinajstić information content (AvgIpc) is 2.81. The summed E-state index contributed by atoms with van der Waals surface area (Å²) in [5.41, 5.74) is 6.56. The lowest BCUT2D eigenvalue weighted by Crippen LogP contribution is -2.47. The van der Waals surface area contributed by atoms with E-state index in [9.17, 15) is 4.79 Å². The zero-order chi connectivity index (χ0) is 13.7. The van der Waals surface area contributed by atoms with Crippen molar-refractivity contribution in [2.45, 2.75) is 32.4 Å². The summed E-state index contributed by atoms with van der Waals surface area (Å²) in [6.07, 6.45) is 5.12. The van der Waals surface area contributed by atoms with Gasteiger partial charge in [-0.2, -0.15) is 5.10 Å². The van der Waals surface area contributed by atoms with Crippen LogP contribution < -0.4 is 5.73 Å². The number of aryl methyl sites for hydroxylation is 1. The van der Waals surface area contributed by atoms with Crippen LogP contribution >= 0.6 is 24.8 Å². The highest BCUT2D eigenvalue weighted by molar-refractivity contribution is 5.85. The first-order valence-electron chi connectivity index (χ1n) is 6.77. The quantitative estimate of drug-likeness (QED) is 0.869. The molecule has 1 amide bonds. The largest absolute Gasteiger partial charge is 0.373 e. The number of nitrogens with zero attached hydrogens (tertiary/aromatic N) is 3. The number of hydrogen-bond donors (Lipinski definition) is 1. The van der Waals surface area contributed by atoms with E-state index in [-0.39, 0.29) is 36.8 Å². The maximum Gasteiger partial charge on any atom is 0.222 e. The van der Waals surface area contributed by atoms with Gasteiger partial charge in [0.1, 0.15) is 0 Å². The third-order valence-corrected chi connectivity index (χ3v) is 3.24. The van der Waals surface area contributed by atoms with Gasteiger partial charge in [0, 0.05) is 25.7 Å². The standard InChI is InChI=1S/C13H22N4O2.2ClH/c1-11-7-15-17(8-11)10-12-9-16(5-6-19-12)13(18)3-2-4-14;;/h7-8,12H,2-6,9-10,14H2,1H3;2*1H. The summed E-state index contributed by atoms with van der Waals surface area (Å²) in [6, 6.07) is 0. The third-order valence-electron chi connectivity index (χ3n) is 3.24. The molecule has 0 aliphatic carbocycles. The number of carbonyl (C=O) groups is 1. The number of hydrogen-bond acceptors (Lipinski definition) is 4. The summed E-state index contributed by atoms with van der Waals surface area (Å²) in [5, 5.41) is 4.25. The Bertz CT molecular complexity index is 428. The van der Waals surface area contributed by atoms with Crippen molar-refractivity contribution < 1.29 is 9.53 Å². The normalized spacial score (nSPS) is 17.8. The van der Waals surface area contributed by atoms with Gasteiger partial charge in [0.05, 0.1) is 25.5 Å². The molecule has 1 unspecified atom stereocenters. The van der Waals surface area contributed by atoms with Crippen LogP contribution in [0.2, 0.25) is 0 Å². The first kappa shape index (κ1) is 20.2. The minimum atomic E-state index is 0. The molecule has 2 N–H and O–H groups in total. The van der Waals surface area contributed by atoms with E-state index in [1.165, 1.54) is 0 Å². The van der Waals surface area contributed by atoms with Crippen LogP contribution in [0.5, 0.6) is 0 Å². The number of rotatable bonds is 5. The first-order valence-corrected chi connectivity index (χ1v) is 6.77. The first-order chi connectivity index (χ1) is 9.19. The molecular weight excluding hydrogens is 315 g/mol. The Morgan fingerprint density at radius 2 is 2.29 bits per heavy atom. The maximum absolute atomic E-state index is 12.0. The molecule has 122 valence electrons. The van der Waals surface area contributed by atoms with Gasteiger partial charge in [-0.25, -0.2) is 0 Å². The molecule has 2 rings (SSSR count). The number of halogens is 2. The number of morpholine rings is 1. The monoisotopic (exact) mass is 338 g/mol. The Morgan fingerprint density at radius 3 is 2.90 bits per heavy atom. The van der Waals surface area contributed by atoms with Crippen LogP contribution in [0.1, 0.15) is 18.4 Å². The van der Waals surface area contributed by atoms with Crippen molar-refractivity contribution >= 4 is 30.7 Å². The number of aromatic nitrogens is 2. The van der Waals surface area contributed by atoms with Gasteiger partial charge in [-0.3, -0.25) is 9.48 Å². The SMILES string of the molecule is Cc1cnn(CC2CN(C(=O)CCCN)CCO2)c1.Cl.Cl. The van der Waals surface area contributed by atoms with E-state index in [0.29, 0.717) is 39.2 Å². The summed E-state index contributed by atoms with van der Waals surface area (Å²) in [7, 11) is 0. The highest BCUT2D eigenvalue weighted by Gasteiger charge is 2.24. The van der Waals surface area contributed by atoms with Crippen LogP contribution in [-0.2, 0) is 16.1 Å². The predicted octanol–water partition coefficient (Wildman–Crippen LogP) is 1.00. The predicted molar refractivity (Wildman–Crippen MR) is 86.1 cm³/mol. The van der Waals surface area contributed by atoms with Gasteiger partial charge in [-0.15, -0.1) is 24.8 Å². The summed E-state index contributed by atoms with van der Waals surface area (Å²) in [6.45, 7) is 5.17. The highest BCUT2D eigenvalue weighted by atomic mass is 35.5. The van der Waals surface area contributed by atoms with Crippen LogP contribution in [0.15, 0.2) is 12.4 Å². The lowest BCUT2D eigenvalue weighted by Gasteiger charge is -2.33. The minimum Gasteiger partial charge on any atom is -0.373 e. The van der Waals surface area contributed by atoms with Crippen molar-refractivity contribution in [1.29, 1.82) is 0 Å². The van der Waals surface area contributed by atoms with Crippen LogP contribution in [0.3, 0.4) is 0 Å². The van der Waals surface area contributed by atoms with E-state index in [4.69, 9.17) is 10.5 Å². The third kappa shape index (κ3) is 6.22. The van der Waals surface area contributed by atoms with E-state index in [1.54, 1.807) is 0 Å². The van der Waals surface area contributed by atoms with Crippen molar-refractivity contribution in [2.24, 2.45) is 5.73 Å². The molecule has 1 aromatic rings. The molecular formula is C13H24Cl2N4O2. The Labute approximate surface area is 137 Å². The Kier molecular flexibility index (Phi) is 9.61. The zero-order valence-electron chi connectivity index (χ0n) is 12.2. The topological polar surface area (TPSA) is 73.4 Å². The second-order valence-corrected chi connectivity index (χ2v) is 4.96. The summed E-state index contributed by atoms with van der Waals surface area (Å²) in [4.78, 5) is 13.8. The fraction of sp³-hybridized carbons (Fsp3) is 0.692. The van der Waals surface area contributed by atoms with Crippen molar-refractivity contribution in [3.05, 3.63) is 18.0 Å². The van der Waals surface area contributed by atoms with Crippen molar-refractivity contribution in [2.75, 3.05) is 26.2 Å². The molecule has 0 spiro atoms. The fourth-order valence-electron chi connectivity index (χ4n) is 2.24. The van der Waals surface area contributed by atoms with E-state index in [0.717, 1.165) is 12.0 Å². The van der Waals surface area contributed by atoms with Gasteiger partial charge in [0.15, 0.2) is 0 Å². The van der Waals surface area contributed by atoms with Gasteiger partial charge < -0.3 is 15.4 Å². The lowest BCUT2D eigenvalue weighted by atomic mass is 10.2. The number of amides is 1. The second kappa shape index (κ2) is 10.00. The molecule has 1 saturated heterocycles. The number of carbonyl (C=O) groups excluding carboxylic acids is 1. The Hall–Kier alpha value is -0.820. The van der Waals surface area contributed by atoms with Gasteiger partial charge in [0.2, 0.25) is 5.91 Å². The van der Waals surface area contributed by atoms with E-state index < -0.39 is 0 Å². The summed E-state index contributed by atoms with van der Waals surface area (Å²) in [5.74, 6) is 0.176. The number of ether oxygens (including phenoxy) is 1. The molecule has 1 fully saturated rings. The number of nitrogens with two attached hydrogens (primary N) is 1. The lowest BCUT2D eigenvalue weighted by molar-refractivity contribution is -0.139. The smallest absolute Gasteiger partial charge is 0.222 e. The van der Waals surface area contributed by atoms with Crippen LogP contribution in [0, 0.1) is 6.92 Å². The van der Waals surface area contributed by atoms with Crippen molar-refractivity contribution in [3.63, 3.8) is 0 Å². The summed E-state index contributed by atoms with van der Waals surface area (Å²) < 4.78 is 7.57. The van der Waals surface area contributed by atoms with Crippen molar-refractivity contribution in [3.8, 4) is 0 Å². The average molecular weight is 339 g/mol. The molecule has 8 heteroatoms. The Morgan fingerprint density at radius 1 is 1.52 bits per heavy atom. The zero-order valence-corrected chi connectivity index (χ0v) is 13.9. The van der Waals surface area contributed by atoms with E-state index >= 15 is 0 Å². The minimum absolute atomic E-state index is 0. The van der Waals surface area contributed by atoms with Crippen molar-refractivity contribution in [1.82, 2.24) is 14.7 Å². The molecule has 0 bridgehead atoms. The molecule has 2 heterocycles. The molecule has 1 atom stereocenters.